The Morgan fingerprint density at radius 2 is 1.70 bits per heavy atom. The Balaban J connectivity index is 2.23. The molecule has 2 N–H and O–H groups in total. The number of carboxylic acid groups (broad SMARTS) is 1. The highest BCUT2D eigenvalue weighted by molar-refractivity contribution is 7.86. The molecule has 2 aromatic rings. The third-order valence-corrected chi connectivity index (χ3v) is 3.93. The zero-order chi connectivity index (χ0) is 17.2. The van der Waals surface area contributed by atoms with Gasteiger partial charge in [0.25, 0.3) is 0 Å². The Morgan fingerprint density at radius 3 is 2.22 bits per heavy atom. The van der Waals surface area contributed by atoms with Gasteiger partial charge in [-0.2, -0.15) is 13.2 Å². The molecule has 1 atom stereocenters. The maximum atomic E-state index is 13.9. The van der Waals surface area contributed by atoms with E-state index in [0.717, 1.165) is 30.3 Å². The van der Waals surface area contributed by atoms with Crippen LogP contribution in [0, 0.1) is 5.82 Å². The van der Waals surface area contributed by atoms with Gasteiger partial charge in [0.2, 0.25) is 0 Å². The summed E-state index contributed by atoms with van der Waals surface area (Å²) in [5.41, 5.74) is -1.85. The third kappa shape index (κ3) is 3.86. The molecule has 0 aliphatic heterocycles. The predicted molar refractivity (Wildman–Crippen MR) is 74.8 cm³/mol. The second-order valence-corrected chi connectivity index (χ2v) is 5.58. The molecule has 122 valence electrons. The summed E-state index contributed by atoms with van der Waals surface area (Å²) in [5, 5.41) is 8.80. The summed E-state index contributed by atoms with van der Waals surface area (Å²) in [4.78, 5) is 10.8. The molecule has 0 saturated carbocycles. The summed E-state index contributed by atoms with van der Waals surface area (Å²) in [6.07, 6.45) is -4.52. The number of alkyl halides is 3. The Hall–Kier alpha value is -2.42. The van der Waals surface area contributed by atoms with Gasteiger partial charge in [-0.1, -0.05) is 6.07 Å². The summed E-state index contributed by atoms with van der Waals surface area (Å²) in [5.74, 6) is -2.60. The normalized spacial score (nSPS) is 12.7. The van der Waals surface area contributed by atoms with Crippen molar-refractivity contribution in [2.24, 2.45) is 0 Å². The van der Waals surface area contributed by atoms with Crippen LogP contribution in [-0.2, 0) is 17.2 Å². The lowest BCUT2D eigenvalue weighted by atomic mass is 10.2. The molecule has 2 rings (SSSR count). The molecule has 0 fully saturated rings. The molecule has 0 spiro atoms. The fraction of sp³-hybridized carbons (Fsp3) is 0.0714. The summed E-state index contributed by atoms with van der Waals surface area (Å²) in [7, 11) is -2.05. The number of nitrogens with one attached hydrogen (secondary N) is 1. The number of anilines is 1. The molecule has 9 heteroatoms. The number of hydrogen-bond donors (Lipinski definition) is 2. The second-order valence-electron chi connectivity index (χ2n) is 4.37. The van der Waals surface area contributed by atoms with Crippen LogP contribution in [0.25, 0.3) is 0 Å². The maximum absolute atomic E-state index is 13.9. The van der Waals surface area contributed by atoms with Crippen LogP contribution in [0.5, 0.6) is 0 Å². The van der Waals surface area contributed by atoms with E-state index >= 15 is 0 Å². The average Bonchev–Trinajstić information content (AvgIpc) is 2.48. The summed E-state index contributed by atoms with van der Waals surface area (Å²) >= 11 is 0. The molecule has 0 heterocycles. The van der Waals surface area contributed by atoms with E-state index < -0.39 is 40.1 Å². The molecular weight excluding hydrogens is 338 g/mol. The molecule has 0 amide bonds. The van der Waals surface area contributed by atoms with E-state index in [-0.39, 0.29) is 10.6 Å². The largest absolute Gasteiger partial charge is 0.478 e. The molecular formula is C14H9F4NO3S. The number of hydrogen-bond acceptors (Lipinski definition) is 2. The van der Waals surface area contributed by atoms with Crippen LogP contribution < -0.4 is 4.72 Å². The number of aromatic carboxylic acids is 1. The van der Waals surface area contributed by atoms with Gasteiger partial charge in [-0.15, -0.1) is 0 Å². The van der Waals surface area contributed by atoms with Gasteiger partial charge in [-0.05, 0) is 36.4 Å². The predicted octanol–water partition coefficient (Wildman–Crippen LogP) is 3.68. The SMILES string of the molecule is O=C(O)c1cccc(NS(=O)c2ccc(C(F)(F)F)cc2)c1F. The summed E-state index contributed by atoms with van der Waals surface area (Å²) < 4.78 is 65.5. The molecule has 0 saturated heterocycles. The first-order chi connectivity index (χ1) is 10.7. The molecule has 0 aliphatic carbocycles. The summed E-state index contributed by atoms with van der Waals surface area (Å²) in [6.45, 7) is 0. The number of rotatable bonds is 4. The fourth-order valence-electron chi connectivity index (χ4n) is 1.70. The van der Waals surface area contributed by atoms with Gasteiger partial charge < -0.3 is 5.11 Å². The van der Waals surface area contributed by atoms with Crippen molar-refractivity contribution in [1.82, 2.24) is 0 Å². The topological polar surface area (TPSA) is 66.4 Å². The van der Waals surface area contributed by atoms with Crippen LogP contribution in [0.2, 0.25) is 0 Å². The zero-order valence-corrected chi connectivity index (χ0v) is 12.0. The van der Waals surface area contributed by atoms with Gasteiger partial charge in [0.15, 0.2) is 5.82 Å². The minimum absolute atomic E-state index is 0.0156. The van der Waals surface area contributed by atoms with E-state index in [0.29, 0.717) is 0 Å². The first kappa shape index (κ1) is 16.9. The van der Waals surface area contributed by atoms with Gasteiger partial charge in [-0.25, -0.2) is 13.4 Å². The molecule has 0 aliphatic rings. The van der Waals surface area contributed by atoms with Crippen LogP contribution in [0.1, 0.15) is 15.9 Å². The van der Waals surface area contributed by atoms with Gasteiger partial charge in [0.05, 0.1) is 21.7 Å². The second kappa shape index (κ2) is 6.37. The number of carbonyl (C=O) groups is 1. The van der Waals surface area contributed by atoms with Gasteiger partial charge in [0, 0.05) is 0 Å². The minimum atomic E-state index is -4.52. The van der Waals surface area contributed by atoms with E-state index in [2.05, 4.69) is 4.72 Å². The Morgan fingerprint density at radius 1 is 1.09 bits per heavy atom. The number of benzene rings is 2. The monoisotopic (exact) mass is 347 g/mol. The molecule has 4 nitrogen and oxygen atoms in total. The maximum Gasteiger partial charge on any atom is 0.416 e. The highest BCUT2D eigenvalue weighted by atomic mass is 32.2. The van der Waals surface area contributed by atoms with E-state index in [1.54, 1.807) is 0 Å². The van der Waals surface area contributed by atoms with Crippen molar-refractivity contribution in [2.45, 2.75) is 11.1 Å². The lowest BCUT2D eigenvalue weighted by Crippen LogP contribution is -2.10. The van der Waals surface area contributed by atoms with Crippen LogP contribution in [-0.4, -0.2) is 15.3 Å². The van der Waals surface area contributed by atoms with Crippen LogP contribution in [0.3, 0.4) is 0 Å². The molecule has 2 aromatic carbocycles. The standard InChI is InChI=1S/C14H9F4NO3S/c15-12-10(13(20)21)2-1-3-11(12)19-23(22)9-6-4-8(5-7-9)14(16,17)18/h1-7,19H,(H,20,21). The van der Waals surface area contributed by atoms with Crippen LogP contribution >= 0.6 is 0 Å². The van der Waals surface area contributed by atoms with Crippen LogP contribution in [0.15, 0.2) is 47.4 Å². The van der Waals surface area contributed by atoms with E-state index in [4.69, 9.17) is 5.11 Å². The molecule has 0 aromatic heterocycles. The van der Waals surface area contributed by atoms with Crippen molar-refractivity contribution in [2.75, 3.05) is 4.72 Å². The van der Waals surface area contributed by atoms with E-state index in [1.807, 2.05) is 0 Å². The van der Waals surface area contributed by atoms with E-state index in [1.165, 1.54) is 12.1 Å². The van der Waals surface area contributed by atoms with Crippen molar-refractivity contribution in [3.8, 4) is 0 Å². The van der Waals surface area contributed by atoms with Crippen molar-refractivity contribution < 1.29 is 31.7 Å². The van der Waals surface area contributed by atoms with Gasteiger partial charge in [0.1, 0.15) is 11.0 Å². The fourth-order valence-corrected chi connectivity index (χ4v) is 2.56. The average molecular weight is 347 g/mol. The first-order valence-electron chi connectivity index (χ1n) is 6.07. The van der Waals surface area contributed by atoms with Crippen molar-refractivity contribution in [1.29, 1.82) is 0 Å². The molecule has 23 heavy (non-hydrogen) atoms. The van der Waals surface area contributed by atoms with Crippen molar-refractivity contribution in [3.05, 3.63) is 59.4 Å². The quantitative estimate of drug-likeness (QED) is 0.829. The molecule has 1 unspecified atom stereocenters. The minimum Gasteiger partial charge on any atom is -0.478 e. The highest BCUT2D eigenvalue weighted by Crippen LogP contribution is 2.29. The number of halogens is 4. The molecule has 0 bridgehead atoms. The van der Waals surface area contributed by atoms with Crippen molar-refractivity contribution >= 4 is 22.6 Å². The Bertz CT molecular complexity index is 760. The summed E-state index contributed by atoms with van der Waals surface area (Å²) in [6, 6.07) is 6.93. The van der Waals surface area contributed by atoms with Gasteiger partial charge in [-0.3, -0.25) is 4.72 Å². The third-order valence-electron chi connectivity index (χ3n) is 2.83. The lowest BCUT2D eigenvalue weighted by Gasteiger charge is -2.10. The lowest BCUT2D eigenvalue weighted by molar-refractivity contribution is -0.137. The van der Waals surface area contributed by atoms with E-state index in [9.17, 15) is 26.6 Å². The smallest absolute Gasteiger partial charge is 0.416 e. The Kier molecular flexibility index (Phi) is 4.69. The zero-order valence-electron chi connectivity index (χ0n) is 11.2. The Labute approximate surface area is 130 Å². The number of carboxylic acids is 1. The first-order valence-corrected chi connectivity index (χ1v) is 7.22. The molecule has 0 radical (unpaired) electrons. The van der Waals surface area contributed by atoms with Crippen molar-refractivity contribution in [3.63, 3.8) is 0 Å². The van der Waals surface area contributed by atoms with Gasteiger partial charge >= 0.3 is 12.1 Å². The van der Waals surface area contributed by atoms with Crippen LogP contribution in [0.4, 0.5) is 23.2 Å². The highest BCUT2D eigenvalue weighted by Gasteiger charge is 2.30.